The monoisotopic (exact) mass is 454 g/mol. The van der Waals surface area contributed by atoms with Gasteiger partial charge in [0, 0.05) is 12.1 Å². The van der Waals surface area contributed by atoms with E-state index in [2.05, 4.69) is 27.2 Å². The van der Waals surface area contributed by atoms with Crippen LogP contribution in [0.25, 0.3) is 11.5 Å². The van der Waals surface area contributed by atoms with Crippen molar-refractivity contribution in [2.75, 3.05) is 26.2 Å². The number of aromatic nitrogens is 2. The number of amides is 1. The quantitative estimate of drug-likeness (QED) is 0.561. The Hall–Kier alpha value is -2.90. The minimum atomic E-state index is -0.258. The number of aryl methyl sites for hydroxylation is 1. The third kappa shape index (κ3) is 4.95. The summed E-state index contributed by atoms with van der Waals surface area (Å²) >= 11 is 0. The van der Waals surface area contributed by atoms with E-state index in [1.54, 1.807) is 4.90 Å². The van der Waals surface area contributed by atoms with E-state index in [1.165, 1.54) is 31.5 Å². The van der Waals surface area contributed by atoms with E-state index in [4.69, 9.17) is 9.15 Å². The topological polar surface area (TPSA) is 71.7 Å². The molecule has 1 amide bonds. The molecule has 8 heteroatoms. The molecule has 0 bridgehead atoms. The maximum Gasteiger partial charge on any atom is 0.311 e. The number of hydrogen-bond donors (Lipinski definition) is 0. The number of carbonyl (C=O) groups excluding carboxylic acids is 1. The van der Waals surface area contributed by atoms with Gasteiger partial charge in [0.1, 0.15) is 11.9 Å². The number of benzene rings is 2. The first-order chi connectivity index (χ1) is 15.1. The Morgan fingerprint density at radius 3 is 2.41 bits per heavy atom. The number of carbonyl (C=O) groups is 1. The van der Waals surface area contributed by atoms with Crippen molar-refractivity contribution in [2.45, 2.75) is 32.4 Å². The number of hydrogen-bond acceptors (Lipinski definition) is 6. The van der Waals surface area contributed by atoms with E-state index in [-0.39, 0.29) is 30.3 Å². The maximum absolute atomic E-state index is 12.6. The first kappa shape index (κ1) is 22.3. The van der Waals surface area contributed by atoms with Crippen molar-refractivity contribution < 1.29 is 13.9 Å². The Morgan fingerprint density at radius 2 is 1.72 bits per heavy atom. The molecule has 32 heavy (non-hydrogen) atoms. The third-order valence-corrected chi connectivity index (χ3v) is 5.87. The molecule has 3 aromatic rings. The van der Waals surface area contributed by atoms with Crippen LogP contribution in [0.3, 0.4) is 0 Å². The molecular formula is C24H27ClN4O3. The lowest BCUT2D eigenvalue weighted by molar-refractivity contribution is 0.0150. The highest BCUT2D eigenvalue weighted by atomic mass is 35.5. The maximum atomic E-state index is 12.6. The molecule has 2 aliphatic rings. The van der Waals surface area contributed by atoms with E-state index >= 15 is 0 Å². The van der Waals surface area contributed by atoms with Gasteiger partial charge in [-0.2, -0.15) is 0 Å². The SMILES string of the molecule is Cc1ccc(-c2nnc(C(=O)N3CC(Oc4ccc(CN5CCCC5)cc4)C3)o2)cc1.Cl. The minimum absolute atomic E-state index is 0. The summed E-state index contributed by atoms with van der Waals surface area (Å²) in [7, 11) is 0. The molecule has 0 N–H and O–H groups in total. The standard InChI is InChI=1S/C24H26N4O3.ClH/c1-17-4-8-19(9-5-17)22-25-26-23(31-22)24(29)28-15-21(16-28)30-20-10-6-18(7-11-20)14-27-12-2-3-13-27;/h4-11,21H,2-3,12-16H2,1H3;1H. The zero-order valence-electron chi connectivity index (χ0n) is 18.1. The van der Waals surface area contributed by atoms with Crippen LogP contribution in [0, 0.1) is 6.92 Å². The number of halogens is 1. The summed E-state index contributed by atoms with van der Waals surface area (Å²) in [6, 6.07) is 16.0. The first-order valence-electron chi connectivity index (χ1n) is 10.8. The van der Waals surface area contributed by atoms with Gasteiger partial charge in [-0.25, -0.2) is 0 Å². The molecule has 0 saturated carbocycles. The van der Waals surface area contributed by atoms with Gasteiger partial charge < -0.3 is 14.1 Å². The van der Waals surface area contributed by atoms with Crippen molar-refractivity contribution in [3.63, 3.8) is 0 Å². The molecule has 5 rings (SSSR count). The van der Waals surface area contributed by atoms with Gasteiger partial charge in [0.05, 0.1) is 13.1 Å². The van der Waals surface area contributed by atoms with E-state index in [0.29, 0.717) is 19.0 Å². The van der Waals surface area contributed by atoms with Crippen molar-refractivity contribution >= 4 is 18.3 Å². The molecule has 2 saturated heterocycles. The molecule has 168 valence electrons. The molecule has 3 heterocycles. The Balaban J connectivity index is 0.00000245. The van der Waals surface area contributed by atoms with Crippen molar-refractivity contribution in [1.29, 1.82) is 0 Å². The molecule has 0 atom stereocenters. The highest BCUT2D eigenvalue weighted by molar-refractivity contribution is 5.90. The highest BCUT2D eigenvalue weighted by Crippen LogP contribution is 2.23. The van der Waals surface area contributed by atoms with Gasteiger partial charge in [0.15, 0.2) is 0 Å². The minimum Gasteiger partial charge on any atom is -0.487 e. The lowest BCUT2D eigenvalue weighted by atomic mass is 10.1. The van der Waals surface area contributed by atoms with Gasteiger partial charge in [-0.05, 0) is 62.7 Å². The number of rotatable bonds is 6. The van der Waals surface area contributed by atoms with Crippen LogP contribution in [0.1, 0.15) is 34.7 Å². The Morgan fingerprint density at radius 1 is 1.03 bits per heavy atom. The summed E-state index contributed by atoms with van der Waals surface area (Å²) in [6.45, 7) is 6.42. The third-order valence-electron chi connectivity index (χ3n) is 5.87. The molecular weight excluding hydrogens is 428 g/mol. The zero-order valence-corrected chi connectivity index (χ0v) is 18.9. The van der Waals surface area contributed by atoms with E-state index in [1.807, 2.05) is 43.3 Å². The van der Waals surface area contributed by atoms with E-state index in [0.717, 1.165) is 23.4 Å². The summed E-state index contributed by atoms with van der Waals surface area (Å²) < 4.78 is 11.6. The van der Waals surface area contributed by atoms with Crippen molar-refractivity contribution in [3.05, 3.63) is 65.5 Å². The average Bonchev–Trinajstić information content (AvgIpc) is 3.44. The van der Waals surface area contributed by atoms with Crippen LogP contribution in [0.15, 0.2) is 52.9 Å². The Labute approximate surface area is 193 Å². The Bertz CT molecular complexity index is 1040. The van der Waals surface area contributed by atoms with Crippen LogP contribution < -0.4 is 4.74 Å². The van der Waals surface area contributed by atoms with Gasteiger partial charge in [0.25, 0.3) is 0 Å². The molecule has 0 aliphatic carbocycles. The van der Waals surface area contributed by atoms with Crippen LogP contribution in [-0.2, 0) is 6.54 Å². The number of likely N-dealkylation sites (tertiary alicyclic amines) is 2. The van der Waals surface area contributed by atoms with Gasteiger partial charge >= 0.3 is 11.8 Å². The smallest absolute Gasteiger partial charge is 0.311 e. The highest BCUT2D eigenvalue weighted by Gasteiger charge is 2.35. The lowest BCUT2D eigenvalue weighted by Gasteiger charge is -2.38. The summed E-state index contributed by atoms with van der Waals surface area (Å²) in [5, 5.41) is 7.94. The van der Waals surface area contributed by atoms with E-state index < -0.39 is 0 Å². The van der Waals surface area contributed by atoms with Crippen LogP contribution >= 0.6 is 12.4 Å². The van der Waals surface area contributed by atoms with Gasteiger partial charge in [-0.15, -0.1) is 22.6 Å². The van der Waals surface area contributed by atoms with Crippen molar-refractivity contribution in [3.8, 4) is 17.2 Å². The summed E-state index contributed by atoms with van der Waals surface area (Å²) in [5.74, 6) is 0.944. The molecule has 0 spiro atoms. The second-order valence-corrected chi connectivity index (χ2v) is 8.36. The predicted octanol–water partition coefficient (Wildman–Crippen LogP) is 3.97. The van der Waals surface area contributed by atoms with Crippen LogP contribution in [0.5, 0.6) is 5.75 Å². The van der Waals surface area contributed by atoms with Crippen molar-refractivity contribution in [1.82, 2.24) is 20.0 Å². The van der Waals surface area contributed by atoms with Crippen molar-refractivity contribution in [2.24, 2.45) is 0 Å². The fourth-order valence-electron chi connectivity index (χ4n) is 4.00. The van der Waals surface area contributed by atoms with Crippen LogP contribution in [-0.4, -0.2) is 58.2 Å². The molecule has 0 radical (unpaired) electrons. The zero-order chi connectivity index (χ0) is 21.2. The molecule has 0 unspecified atom stereocenters. The normalized spacial score (nSPS) is 16.5. The number of ether oxygens (including phenoxy) is 1. The van der Waals surface area contributed by atoms with E-state index in [9.17, 15) is 4.79 Å². The summed E-state index contributed by atoms with van der Waals surface area (Å²) in [5.41, 5.74) is 3.25. The van der Waals surface area contributed by atoms with Gasteiger partial charge in [-0.1, -0.05) is 29.8 Å². The summed E-state index contributed by atoms with van der Waals surface area (Å²) in [4.78, 5) is 16.7. The van der Waals surface area contributed by atoms with Gasteiger partial charge in [0.2, 0.25) is 5.89 Å². The molecule has 2 aliphatic heterocycles. The van der Waals surface area contributed by atoms with Gasteiger partial charge in [-0.3, -0.25) is 9.69 Å². The molecule has 7 nitrogen and oxygen atoms in total. The molecule has 2 aromatic carbocycles. The molecule has 2 fully saturated rings. The fraction of sp³-hybridized carbons (Fsp3) is 0.375. The Kier molecular flexibility index (Phi) is 6.77. The first-order valence-corrected chi connectivity index (χ1v) is 10.8. The fourth-order valence-corrected chi connectivity index (χ4v) is 4.00. The largest absolute Gasteiger partial charge is 0.487 e. The lowest BCUT2D eigenvalue weighted by Crippen LogP contribution is -2.56. The number of nitrogens with zero attached hydrogens (tertiary/aromatic N) is 4. The van der Waals surface area contributed by atoms with Crippen LogP contribution in [0.2, 0.25) is 0 Å². The second-order valence-electron chi connectivity index (χ2n) is 8.36. The second kappa shape index (κ2) is 9.71. The van der Waals surface area contributed by atoms with Crippen LogP contribution in [0.4, 0.5) is 0 Å². The summed E-state index contributed by atoms with van der Waals surface area (Å²) in [6.07, 6.45) is 2.58. The predicted molar refractivity (Wildman–Crippen MR) is 123 cm³/mol. The molecule has 1 aromatic heterocycles. The average molecular weight is 455 g/mol.